The van der Waals surface area contributed by atoms with Crippen LogP contribution in [0.25, 0.3) is 11.3 Å². The molecule has 0 radical (unpaired) electrons. The van der Waals surface area contributed by atoms with Crippen LogP contribution >= 0.6 is 0 Å². The van der Waals surface area contributed by atoms with E-state index in [1.165, 1.54) is 12.1 Å². The summed E-state index contributed by atoms with van der Waals surface area (Å²) in [7, 11) is 0. The van der Waals surface area contributed by atoms with Gasteiger partial charge in [-0.2, -0.15) is 5.10 Å². The van der Waals surface area contributed by atoms with Crippen molar-refractivity contribution in [3.05, 3.63) is 41.8 Å². The number of hydrogen-bond donors (Lipinski definition) is 2. The minimum absolute atomic E-state index is 0.131. The van der Waals surface area contributed by atoms with Crippen LogP contribution in [0.1, 0.15) is 18.9 Å². The van der Waals surface area contributed by atoms with E-state index in [1.807, 2.05) is 0 Å². The summed E-state index contributed by atoms with van der Waals surface area (Å²) in [6.07, 6.45) is 3.49. The van der Waals surface area contributed by atoms with Crippen molar-refractivity contribution in [1.82, 2.24) is 10.2 Å². The lowest BCUT2D eigenvalue weighted by Crippen LogP contribution is -2.21. The molecule has 17 heavy (non-hydrogen) atoms. The molecule has 3 nitrogen and oxygen atoms in total. The third kappa shape index (κ3) is 2.71. The summed E-state index contributed by atoms with van der Waals surface area (Å²) in [5, 5.41) is 6.98. The second-order valence-corrected chi connectivity index (χ2v) is 4.15. The number of benzene rings is 1. The van der Waals surface area contributed by atoms with Crippen molar-refractivity contribution in [3.8, 4) is 11.3 Å². The predicted molar refractivity (Wildman–Crippen MR) is 66.0 cm³/mol. The fraction of sp³-hybridized carbons (Fsp3) is 0.308. The maximum Gasteiger partial charge on any atom is 0.123 e. The molecule has 1 aromatic carbocycles. The van der Waals surface area contributed by atoms with Gasteiger partial charge < -0.3 is 5.73 Å². The molecular formula is C13H16FN3. The van der Waals surface area contributed by atoms with Crippen molar-refractivity contribution in [2.45, 2.75) is 25.8 Å². The van der Waals surface area contributed by atoms with Crippen LogP contribution in [0.15, 0.2) is 30.5 Å². The fourth-order valence-corrected chi connectivity index (χ4v) is 1.76. The maximum absolute atomic E-state index is 12.8. The van der Waals surface area contributed by atoms with Gasteiger partial charge in [-0.3, -0.25) is 5.10 Å². The van der Waals surface area contributed by atoms with Crippen LogP contribution in [0.2, 0.25) is 0 Å². The van der Waals surface area contributed by atoms with Crippen molar-refractivity contribution in [1.29, 1.82) is 0 Å². The van der Waals surface area contributed by atoms with E-state index in [0.29, 0.717) is 0 Å². The Morgan fingerprint density at radius 1 is 1.35 bits per heavy atom. The summed E-state index contributed by atoms with van der Waals surface area (Å²) >= 11 is 0. The van der Waals surface area contributed by atoms with Crippen molar-refractivity contribution in [2.24, 2.45) is 5.73 Å². The minimum Gasteiger partial charge on any atom is -0.327 e. The summed E-state index contributed by atoms with van der Waals surface area (Å²) in [5.41, 5.74) is 8.87. The second-order valence-electron chi connectivity index (χ2n) is 4.15. The summed E-state index contributed by atoms with van der Waals surface area (Å²) in [6, 6.07) is 6.50. The number of hydrogen-bond acceptors (Lipinski definition) is 2. The molecule has 0 spiro atoms. The van der Waals surface area contributed by atoms with Gasteiger partial charge in [-0.25, -0.2) is 4.39 Å². The zero-order chi connectivity index (χ0) is 12.3. The topological polar surface area (TPSA) is 54.7 Å². The highest BCUT2D eigenvalue weighted by molar-refractivity contribution is 5.62. The summed E-state index contributed by atoms with van der Waals surface area (Å²) in [5.74, 6) is -0.236. The second kappa shape index (κ2) is 5.10. The Bertz CT molecular complexity index is 476. The number of aromatic nitrogens is 2. The van der Waals surface area contributed by atoms with E-state index >= 15 is 0 Å². The molecule has 1 heterocycles. The lowest BCUT2D eigenvalue weighted by atomic mass is 10.0. The number of H-pyrrole nitrogens is 1. The third-order valence-corrected chi connectivity index (χ3v) is 2.86. The molecule has 3 N–H and O–H groups in total. The van der Waals surface area contributed by atoms with Crippen LogP contribution in [0, 0.1) is 5.82 Å². The molecular weight excluding hydrogens is 217 g/mol. The van der Waals surface area contributed by atoms with Crippen molar-refractivity contribution < 1.29 is 4.39 Å². The molecule has 90 valence electrons. The number of nitrogens with zero attached hydrogens (tertiary/aromatic N) is 1. The first kappa shape index (κ1) is 11.8. The van der Waals surface area contributed by atoms with Crippen molar-refractivity contribution >= 4 is 0 Å². The van der Waals surface area contributed by atoms with Gasteiger partial charge in [-0.15, -0.1) is 0 Å². The van der Waals surface area contributed by atoms with Crippen LogP contribution in [-0.4, -0.2) is 16.2 Å². The molecule has 0 aliphatic carbocycles. The van der Waals surface area contributed by atoms with E-state index < -0.39 is 0 Å². The molecule has 0 bridgehead atoms. The summed E-state index contributed by atoms with van der Waals surface area (Å²) in [6.45, 7) is 2.06. The summed E-state index contributed by atoms with van der Waals surface area (Å²) < 4.78 is 12.8. The van der Waals surface area contributed by atoms with E-state index in [0.717, 1.165) is 29.7 Å². The first-order chi connectivity index (χ1) is 8.20. The average molecular weight is 233 g/mol. The van der Waals surface area contributed by atoms with Gasteiger partial charge in [0.15, 0.2) is 0 Å². The molecule has 4 heteroatoms. The highest BCUT2D eigenvalue weighted by Crippen LogP contribution is 2.22. The SMILES string of the molecule is CCC(N)Cc1cn[nH]c1-c1ccc(F)cc1. The zero-order valence-electron chi connectivity index (χ0n) is 9.78. The molecule has 0 saturated carbocycles. The van der Waals surface area contributed by atoms with Crippen LogP contribution < -0.4 is 5.73 Å². The lowest BCUT2D eigenvalue weighted by Gasteiger charge is -2.08. The van der Waals surface area contributed by atoms with E-state index in [2.05, 4.69) is 17.1 Å². The fourth-order valence-electron chi connectivity index (χ4n) is 1.76. The minimum atomic E-state index is -0.236. The first-order valence-electron chi connectivity index (χ1n) is 5.74. The number of rotatable bonds is 4. The largest absolute Gasteiger partial charge is 0.327 e. The molecule has 0 aliphatic rings. The third-order valence-electron chi connectivity index (χ3n) is 2.86. The van der Waals surface area contributed by atoms with E-state index in [9.17, 15) is 4.39 Å². The van der Waals surface area contributed by atoms with Gasteiger partial charge >= 0.3 is 0 Å². The van der Waals surface area contributed by atoms with Gasteiger partial charge in [0, 0.05) is 11.6 Å². The lowest BCUT2D eigenvalue weighted by molar-refractivity contribution is 0.628. The smallest absolute Gasteiger partial charge is 0.123 e. The molecule has 0 amide bonds. The van der Waals surface area contributed by atoms with Gasteiger partial charge in [0.1, 0.15) is 5.82 Å². The van der Waals surface area contributed by atoms with Crippen molar-refractivity contribution in [2.75, 3.05) is 0 Å². The number of nitrogens with two attached hydrogens (primary N) is 1. The molecule has 2 rings (SSSR count). The quantitative estimate of drug-likeness (QED) is 0.852. The Morgan fingerprint density at radius 2 is 2.06 bits per heavy atom. The molecule has 2 aromatic rings. The summed E-state index contributed by atoms with van der Waals surface area (Å²) in [4.78, 5) is 0. The Morgan fingerprint density at radius 3 is 2.71 bits per heavy atom. The van der Waals surface area contributed by atoms with Crippen LogP contribution in [-0.2, 0) is 6.42 Å². The van der Waals surface area contributed by atoms with Gasteiger partial charge in [-0.05, 0) is 42.7 Å². The monoisotopic (exact) mass is 233 g/mol. The number of aromatic amines is 1. The Labute approximate surface area is 99.9 Å². The van der Waals surface area contributed by atoms with E-state index in [-0.39, 0.29) is 11.9 Å². The normalized spacial score (nSPS) is 12.6. The van der Waals surface area contributed by atoms with Gasteiger partial charge in [-0.1, -0.05) is 6.92 Å². The Balaban J connectivity index is 2.27. The Hall–Kier alpha value is -1.68. The number of nitrogens with one attached hydrogen (secondary N) is 1. The molecule has 1 aromatic heterocycles. The Kier molecular flexibility index (Phi) is 3.54. The van der Waals surface area contributed by atoms with E-state index in [1.54, 1.807) is 18.3 Å². The molecule has 1 unspecified atom stereocenters. The van der Waals surface area contributed by atoms with Crippen molar-refractivity contribution in [3.63, 3.8) is 0 Å². The van der Waals surface area contributed by atoms with Crippen LogP contribution in [0.3, 0.4) is 0 Å². The zero-order valence-corrected chi connectivity index (χ0v) is 9.78. The highest BCUT2D eigenvalue weighted by Gasteiger charge is 2.10. The average Bonchev–Trinajstić information content (AvgIpc) is 2.78. The highest BCUT2D eigenvalue weighted by atomic mass is 19.1. The molecule has 0 saturated heterocycles. The molecule has 1 atom stereocenters. The van der Waals surface area contributed by atoms with E-state index in [4.69, 9.17) is 5.73 Å². The standard InChI is InChI=1S/C13H16FN3/c1-2-12(15)7-10-8-16-17-13(10)9-3-5-11(14)6-4-9/h3-6,8,12H,2,7,15H2,1H3,(H,16,17). The van der Waals surface area contributed by atoms with Crippen LogP contribution in [0.4, 0.5) is 4.39 Å². The van der Waals surface area contributed by atoms with Gasteiger partial charge in [0.05, 0.1) is 11.9 Å². The number of halogens is 1. The van der Waals surface area contributed by atoms with Crippen LogP contribution in [0.5, 0.6) is 0 Å². The maximum atomic E-state index is 12.8. The first-order valence-corrected chi connectivity index (χ1v) is 5.74. The molecule has 0 aliphatic heterocycles. The predicted octanol–water partition coefficient (Wildman–Crippen LogP) is 2.50. The molecule has 0 fully saturated rings. The van der Waals surface area contributed by atoms with Gasteiger partial charge in [0.2, 0.25) is 0 Å². The van der Waals surface area contributed by atoms with Gasteiger partial charge in [0.25, 0.3) is 0 Å².